The van der Waals surface area contributed by atoms with Gasteiger partial charge in [0, 0.05) is 12.5 Å². The first-order chi connectivity index (χ1) is 8.52. The summed E-state index contributed by atoms with van der Waals surface area (Å²) in [5, 5.41) is 2.95. The van der Waals surface area contributed by atoms with E-state index in [1.54, 1.807) is 7.05 Å². The highest BCUT2D eigenvalue weighted by atomic mass is 19.4. The fraction of sp³-hybridized carbons (Fsp3) is 0.750. The van der Waals surface area contributed by atoms with Crippen LogP contribution in [0.4, 0.5) is 13.2 Å². The van der Waals surface area contributed by atoms with Crippen LogP contribution in [0.1, 0.15) is 43.1 Å². The van der Waals surface area contributed by atoms with Gasteiger partial charge in [0.05, 0.1) is 11.6 Å². The van der Waals surface area contributed by atoms with Crippen molar-refractivity contribution in [3.05, 3.63) is 17.8 Å². The number of halogens is 3. The molecule has 0 aromatic carbocycles. The number of hydrogen-bond donors (Lipinski definition) is 1. The molecule has 0 radical (unpaired) electrons. The highest BCUT2D eigenvalue weighted by Gasteiger charge is 2.43. The van der Waals surface area contributed by atoms with E-state index in [0.717, 1.165) is 12.1 Å². The summed E-state index contributed by atoms with van der Waals surface area (Å²) >= 11 is 0. The van der Waals surface area contributed by atoms with Crippen LogP contribution < -0.4 is 5.32 Å². The second-order valence-corrected chi connectivity index (χ2v) is 4.80. The van der Waals surface area contributed by atoms with Crippen molar-refractivity contribution in [1.82, 2.24) is 10.3 Å². The average molecular weight is 262 g/mol. The van der Waals surface area contributed by atoms with Crippen LogP contribution >= 0.6 is 0 Å². The Morgan fingerprint density at radius 3 is 2.89 bits per heavy atom. The molecule has 0 amide bonds. The third-order valence-electron chi connectivity index (χ3n) is 3.52. The first kappa shape index (κ1) is 13.4. The zero-order valence-corrected chi connectivity index (χ0v) is 10.3. The van der Waals surface area contributed by atoms with E-state index in [-0.39, 0.29) is 18.8 Å². The number of rotatable bonds is 3. The number of nitrogens with one attached hydrogen (secondary N) is 1. The number of nitrogens with zero attached hydrogens (tertiary/aromatic N) is 1. The first-order valence-corrected chi connectivity index (χ1v) is 6.16. The van der Waals surface area contributed by atoms with Gasteiger partial charge in [-0.15, -0.1) is 0 Å². The third-order valence-corrected chi connectivity index (χ3v) is 3.52. The van der Waals surface area contributed by atoms with Crippen molar-refractivity contribution in [2.24, 2.45) is 5.92 Å². The molecule has 1 saturated carbocycles. The standard InChI is InChI=1S/C12H17F3N2O/c1-16-6-10-11(18-7-17-10)8-3-2-4-9(5-8)12(13,14)15/h7-9,16H,2-6H2,1H3. The van der Waals surface area contributed by atoms with Gasteiger partial charge in [-0.1, -0.05) is 6.42 Å². The van der Waals surface area contributed by atoms with Gasteiger partial charge in [0.1, 0.15) is 5.76 Å². The van der Waals surface area contributed by atoms with Gasteiger partial charge in [0.2, 0.25) is 0 Å². The number of alkyl halides is 3. The van der Waals surface area contributed by atoms with Crippen molar-refractivity contribution in [3.63, 3.8) is 0 Å². The Morgan fingerprint density at radius 2 is 2.22 bits per heavy atom. The molecule has 102 valence electrons. The van der Waals surface area contributed by atoms with Crippen LogP contribution in [0.5, 0.6) is 0 Å². The predicted molar refractivity (Wildman–Crippen MR) is 60.0 cm³/mol. The van der Waals surface area contributed by atoms with Gasteiger partial charge in [-0.3, -0.25) is 0 Å². The Balaban J connectivity index is 2.11. The van der Waals surface area contributed by atoms with Crippen LogP contribution in [-0.4, -0.2) is 18.2 Å². The summed E-state index contributed by atoms with van der Waals surface area (Å²) < 4.78 is 43.5. The van der Waals surface area contributed by atoms with E-state index >= 15 is 0 Å². The van der Waals surface area contributed by atoms with Crippen molar-refractivity contribution in [3.8, 4) is 0 Å². The van der Waals surface area contributed by atoms with Crippen molar-refractivity contribution < 1.29 is 17.6 Å². The Labute approximate surface area is 104 Å². The average Bonchev–Trinajstić information content (AvgIpc) is 2.77. The summed E-state index contributed by atoms with van der Waals surface area (Å²) in [5.74, 6) is -0.738. The minimum absolute atomic E-state index is 0.120. The van der Waals surface area contributed by atoms with Crippen LogP contribution in [0.25, 0.3) is 0 Å². The van der Waals surface area contributed by atoms with Gasteiger partial charge in [-0.25, -0.2) is 4.98 Å². The summed E-state index contributed by atoms with van der Waals surface area (Å²) in [4.78, 5) is 4.06. The van der Waals surface area contributed by atoms with E-state index in [0.29, 0.717) is 18.7 Å². The molecule has 0 saturated heterocycles. The second-order valence-electron chi connectivity index (χ2n) is 4.80. The zero-order chi connectivity index (χ0) is 13.2. The van der Waals surface area contributed by atoms with Crippen molar-refractivity contribution in [2.75, 3.05) is 7.05 Å². The lowest BCUT2D eigenvalue weighted by Gasteiger charge is -2.29. The summed E-state index contributed by atoms with van der Waals surface area (Å²) in [7, 11) is 1.78. The molecular weight excluding hydrogens is 245 g/mol. The van der Waals surface area contributed by atoms with Crippen molar-refractivity contribution in [1.29, 1.82) is 0 Å². The lowest BCUT2D eigenvalue weighted by Crippen LogP contribution is -2.28. The molecule has 2 atom stereocenters. The topological polar surface area (TPSA) is 38.1 Å². The maximum absolute atomic E-state index is 12.7. The number of hydrogen-bond acceptors (Lipinski definition) is 3. The molecule has 2 unspecified atom stereocenters. The SMILES string of the molecule is CNCc1ncoc1C1CCCC(C(F)(F)F)C1. The molecule has 18 heavy (non-hydrogen) atoms. The molecule has 2 rings (SSSR count). The predicted octanol–water partition coefficient (Wildman–Crippen LogP) is 3.23. The Kier molecular flexibility index (Phi) is 3.94. The summed E-state index contributed by atoms with van der Waals surface area (Å²) in [6, 6.07) is 0. The van der Waals surface area contributed by atoms with Crippen molar-refractivity contribution in [2.45, 2.75) is 44.3 Å². The number of oxazole rings is 1. The molecule has 0 spiro atoms. The molecule has 1 aliphatic rings. The maximum atomic E-state index is 12.7. The van der Waals surface area contributed by atoms with Gasteiger partial charge >= 0.3 is 6.18 Å². The molecular formula is C12H17F3N2O. The third kappa shape index (κ3) is 2.85. The lowest BCUT2D eigenvalue weighted by molar-refractivity contribution is -0.183. The minimum Gasteiger partial charge on any atom is -0.448 e. The smallest absolute Gasteiger partial charge is 0.391 e. The van der Waals surface area contributed by atoms with E-state index in [1.165, 1.54) is 6.39 Å². The molecule has 1 aromatic rings. The van der Waals surface area contributed by atoms with Gasteiger partial charge in [0.25, 0.3) is 0 Å². The number of aromatic nitrogens is 1. The van der Waals surface area contributed by atoms with Crippen LogP contribution in [0.2, 0.25) is 0 Å². The van der Waals surface area contributed by atoms with Gasteiger partial charge in [-0.05, 0) is 26.3 Å². The Hall–Kier alpha value is -1.04. The Morgan fingerprint density at radius 1 is 1.44 bits per heavy atom. The largest absolute Gasteiger partial charge is 0.448 e. The highest BCUT2D eigenvalue weighted by molar-refractivity contribution is 5.13. The molecule has 1 N–H and O–H groups in total. The fourth-order valence-corrected chi connectivity index (χ4v) is 2.64. The normalized spacial score (nSPS) is 25.3. The van der Waals surface area contributed by atoms with Crippen molar-refractivity contribution >= 4 is 0 Å². The fourth-order valence-electron chi connectivity index (χ4n) is 2.64. The molecule has 1 heterocycles. The van der Waals surface area contributed by atoms with Crippen LogP contribution in [0.3, 0.4) is 0 Å². The second kappa shape index (κ2) is 5.30. The monoisotopic (exact) mass is 262 g/mol. The molecule has 0 bridgehead atoms. The summed E-state index contributed by atoms with van der Waals surface area (Å²) in [6.45, 7) is 0.527. The van der Waals surface area contributed by atoms with E-state index in [9.17, 15) is 13.2 Å². The van der Waals surface area contributed by atoms with Crippen LogP contribution in [0.15, 0.2) is 10.8 Å². The molecule has 0 aliphatic heterocycles. The minimum atomic E-state index is -4.10. The Bertz CT molecular complexity index is 389. The molecule has 6 heteroatoms. The van der Waals surface area contributed by atoms with E-state index in [4.69, 9.17) is 4.42 Å². The molecule has 1 aromatic heterocycles. The zero-order valence-electron chi connectivity index (χ0n) is 10.3. The molecule has 1 fully saturated rings. The quantitative estimate of drug-likeness (QED) is 0.908. The maximum Gasteiger partial charge on any atom is 0.391 e. The summed E-state index contributed by atoms with van der Waals surface area (Å²) in [5.41, 5.74) is 0.727. The van der Waals surface area contributed by atoms with E-state index in [2.05, 4.69) is 10.3 Å². The van der Waals surface area contributed by atoms with E-state index in [1.807, 2.05) is 0 Å². The lowest BCUT2D eigenvalue weighted by atomic mass is 9.79. The van der Waals surface area contributed by atoms with Crippen LogP contribution in [0, 0.1) is 5.92 Å². The first-order valence-electron chi connectivity index (χ1n) is 6.16. The summed E-state index contributed by atoms with van der Waals surface area (Å²) in [6.07, 6.45) is -1.08. The van der Waals surface area contributed by atoms with Gasteiger partial charge < -0.3 is 9.73 Å². The highest BCUT2D eigenvalue weighted by Crippen LogP contribution is 2.44. The van der Waals surface area contributed by atoms with Crippen LogP contribution in [-0.2, 0) is 6.54 Å². The molecule has 1 aliphatic carbocycles. The van der Waals surface area contributed by atoms with E-state index < -0.39 is 12.1 Å². The van der Waals surface area contributed by atoms with Gasteiger partial charge in [-0.2, -0.15) is 13.2 Å². The molecule has 3 nitrogen and oxygen atoms in total. The van der Waals surface area contributed by atoms with Gasteiger partial charge in [0.15, 0.2) is 6.39 Å².